The Bertz CT molecular complexity index is 354. The zero-order valence-corrected chi connectivity index (χ0v) is 13.7. The molecule has 3 atom stereocenters. The van der Waals surface area contributed by atoms with Gasteiger partial charge in [0.15, 0.2) is 0 Å². The van der Waals surface area contributed by atoms with Crippen LogP contribution in [-0.4, -0.2) is 53.6 Å². The smallest absolute Gasteiger partial charge is 0.0386 e. The van der Waals surface area contributed by atoms with Crippen molar-refractivity contribution in [1.82, 2.24) is 9.80 Å². The van der Waals surface area contributed by atoms with Crippen LogP contribution in [0, 0.1) is 5.41 Å². The van der Waals surface area contributed by atoms with Crippen molar-refractivity contribution in [3.8, 4) is 0 Å². The number of piperidine rings is 1. The molecule has 2 heterocycles. The summed E-state index contributed by atoms with van der Waals surface area (Å²) in [6.45, 7) is 12.0. The van der Waals surface area contributed by atoms with E-state index in [1.165, 1.54) is 58.2 Å². The molecule has 0 aromatic heterocycles. The summed E-state index contributed by atoms with van der Waals surface area (Å²) in [6.07, 6.45) is 8.20. The van der Waals surface area contributed by atoms with Crippen LogP contribution in [0.3, 0.4) is 0 Å². The highest BCUT2D eigenvalue weighted by molar-refractivity contribution is 5.10. The number of hydrogen-bond donors (Lipinski definition) is 1. The van der Waals surface area contributed by atoms with Gasteiger partial charge in [0.2, 0.25) is 0 Å². The Labute approximate surface area is 124 Å². The van der Waals surface area contributed by atoms with Crippen LogP contribution in [0.1, 0.15) is 59.3 Å². The van der Waals surface area contributed by atoms with Gasteiger partial charge in [-0.15, -0.1) is 0 Å². The maximum absolute atomic E-state index is 6.35. The normalized spacial score (nSPS) is 42.6. The average molecular weight is 279 g/mol. The maximum atomic E-state index is 6.35. The molecule has 0 radical (unpaired) electrons. The van der Waals surface area contributed by atoms with Crippen molar-refractivity contribution in [2.75, 3.05) is 26.2 Å². The van der Waals surface area contributed by atoms with E-state index < -0.39 is 0 Å². The van der Waals surface area contributed by atoms with Crippen LogP contribution in [-0.2, 0) is 0 Å². The predicted octanol–water partition coefficient (Wildman–Crippen LogP) is 2.45. The highest BCUT2D eigenvalue weighted by Crippen LogP contribution is 2.50. The Kier molecular flexibility index (Phi) is 3.89. The molecule has 3 heteroatoms. The van der Waals surface area contributed by atoms with E-state index in [9.17, 15) is 0 Å². The van der Waals surface area contributed by atoms with Crippen molar-refractivity contribution >= 4 is 0 Å². The molecule has 0 spiro atoms. The first kappa shape index (κ1) is 14.8. The average Bonchev–Trinajstić information content (AvgIpc) is 2.73. The molecule has 2 N–H and O–H groups in total. The first-order valence-electron chi connectivity index (χ1n) is 8.71. The summed E-state index contributed by atoms with van der Waals surface area (Å²) in [5, 5.41) is 0. The molecule has 0 bridgehead atoms. The molecule has 0 amide bonds. The van der Waals surface area contributed by atoms with Gasteiger partial charge in [-0.2, -0.15) is 0 Å². The van der Waals surface area contributed by atoms with Crippen molar-refractivity contribution in [1.29, 1.82) is 0 Å². The molecular formula is C17H33N3. The third-order valence-corrected chi connectivity index (χ3v) is 6.73. The lowest BCUT2D eigenvalue weighted by molar-refractivity contribution is -0.0793. The van der Waals surface area contributed by atoms with E-state index in [4.69, 9.17) is 5.73 Å². The second kappa shape index (κ2) is 5.26. The molecule has 0 aromatic carbocycles. The van der Waals surface area contributed by atoms with E-state index in [0.29, 0.717) is 11.5 Å². The zero-order valence-electron chi connectivity index (χ0n) is 13.7. The van der Waals surface area contributed by atoms with Gasteiger partial charge < -0.3 is 5.73 Å². The van der Waals surface area contributed by atoms with Crippen LogP contribution in [0.4, 0.5) is 0 Å². The fourth-order valence-corrected chi connectivity index (χ4v) is 5.37. The zero-order chi connectivity index (χ0) is 14.4. The van der Waals surface area contributed by atoms with Crippen LogP contribution in [0.2, 0.25) is 0 Å². The molecule has 3 aliphatic rings. The first-order valence-corrected chi connectivity index (χ1v) is 8.71. The lowest BCUT2D eigenvalue weighted by atomic mass is 9.72. The Morgan fingerprint density at radius 1 is 1.10 bits per heavy atom. The van der Waals surface area contributed by atoms with E-state index in [2.05, 4.69) is 30.6 Å². The van der Waals surface area contributed by atoms with E-state index in [-0.39, 0.29) is 5.54 Å². The molecule has 1 saturated carbocycles. The molecular weight excluding hydrogens is 246 g/mol. The molecule has 2 saturated heterocycles. The molecule has 3 nitrogen and oxygen atoms in total. The van der Waals surface area contributed by atoms with Crippen molar-refractivity contribution in [2.45, 2.75) is 76.9 Å². The molecule has 20 heavy (non-hydrogen) atoms. The van der Waals surface area contributed by atoms with Crippen LogP contribution in [0.25, 0.3) is 0 Å². The van der Waals surface area contributed by atoms with Gasteiger partial charge in [-0.1, -0.05) is 26.7 Å². The second-order valence-electron chi connectivity index (χ2n) is 8.12. The Hall–Kier alpha value is -0.120. The topological polar surface area (TPSA) is 32.5 Å². The Morgan fingerprint density at radius 2 is 1.90 bits per heavy atom. The molecule has 116 valence electrons. The second-order valence-corrected chi connectivity index (χ2v) is 8.12. The third kappa shape index (κ3) is 2.13. The first-order chi connectivity index (χ1) is 9.50. The van der Waals surface area contributed by atoms with Crippen LogP contribution >= 0.6 is 0 Å². The number of rotatable bonds is 2. The van der Waals surface area contributed by atoms with Crippen LogP contribution < -0.4 is 5.73 Å². The molecule has 3 rings (SSSR count). The number of fused-ring (bicyclic) bond motifs is 1. The minimum absolute atomic E-state index is 0.246. The summed E-state index contributed by atoms with van der Waals surface area (Å²) in [5.41, 5.74) is 6.96. The summed E-state index contributed by atoms with van der Waals surface area (Å²) in [5.74, 6) is 0. The summed E-state index contributed by atoms with van der Waals surface area (Å²) >= 11 is 0. The van der Waals surface area contributed by atoms with Gasteiger partial charge in [0, 0.05) is 37.3 Å². The monoisotopic (exact) mass is 279 g/mol. The highest BCUT2D eigenvalue weighted by atomic mass is 15.3. The van der Waals surface area contributed by atoms with Gasteiger partial charge in [-0.05, 0) is 44.6 Å². The number of piperazine rings is 1. The summed E-state index contributed by atoms with van der Waals surface area (Å²) in [4.78, 5) is 5.57. The van der Waals surface area contributed by atoms with E-state index in [0.717, 1.165) is 12.6 Å². The van der Waals surface area contributed by atoms with Gasteiger partial charge in [0.05, 0.1) is 0 Å². The third-order valence-electron chi connectivity index (χ3n) is 6.73. The molecule has 2 aliphatic heterocycles. The summed E-state index contributed by atoms with van der Waals surface area (Å²) in [6, 6.07) is 1.45. The predicted molar refractivity (Wildman–Crippen MR) is 84.8 cm³/mol. The van der Waals surface area contributed by atoms with Crippen molar-refractivity contribution in [3.05, 3.63) is 0 Å². The minimum Gasteiger partial charge on any atom is -0.329 e. The SMILES string of the molecule is CC1CN2CCCCC2CN1C1(CN)CCCC1(C)C. The van der Waals surface area contributed by atoms with Gasteiger partial charge in [-0.3, -0.25) is 9.80 Å². The minimum atomic E-state index is 0.246. The van der Waals surface area contributed by atoms with Gasteiger partial charge in [-0.25, -0.2) is 0 Å². The van der Waals surface area contributed by atoms with Gasteiger partial charge in [0.25, 0.3) is 0 Å². The number of nitrogens with two attached hydrogens (primary N) is 1. The molecule has 0 aromatic rings. The van der Waals surface area contributed by atoms with Crippen LogP contribution in [0.5, 0.6) is 0 Å². The molecule has 1 aliphatic carbocycles. The van der Waals surface area contributed by atoms with E-state index in [1.54, 1.807) is 0 Å². The van der Waals surface area contributed by atoms with Gasteiger partial charge in [0.1, 0.15) is 0 Å². The van der Waals surface area contributed by atoms with Crippen LogP contribution in [0.15, 0.2) is 0 Å². The highest BCUT2D eigenvalue weighted by Gasteiger charge is 2.54. The Morgan fingerprint density at radius 3 is 2.55 bits per heavy atom. The van der Waals surface area contributed by atoms with E-state index in [1.807, 2.05) is 0 Å². The quantitative estimate of drug-likeness (QED) is 0.843. The summed E-state index contributed by atoms with van der Waals surface area (Å²) < 4.78 is 0. The fraction of sp³-hybridized carbons (Fsp3) is 1.00. The van der Waals surface area contributed by atoms with Crippen molar-refractivity contribution in [3.63, 3.8) is 0 Å². The number of hydrogen-bond acceptors (Lipinski definition) is 3. The summed E-state index contributed by atoms with van der Waals surface area (Å²) in [7, 11) is 0. The molecule has 3 unspecified atom stereocenters. The van der Waals surface area contributed by atoms with Crippen molar-refractivity contribution < 1.29 is 0 Å². The van der Waals surface area contributed by atoms with Gasteiger partial charge >= 0.3 is 0 Å². The van der Waals surface area contributed by atoms with E-state index >= 15 is 0 Å². The standard InChI is InChI=1S/C17H33N3/c1-14-11-19-10-5-4-7-15(19)12-20(14)17(13-18)9-6-8-16(17,2)3/h14-15H,4-13,18H2,1-3H3. The lowest BCUT2D eigenvalue weighted by Gasteiger charge is -2.58. The maximum Gasteiger partial charge on any atom is 0.0386 e. The van der Waals surface area contributed by atoms with Crippen molar-refractivity contribution in [2.24, 2.45) is 11.1 Å². The Balaban J connectivity index is 1.84. The lowest BCUT2D eigenvalue weighted by Crippen LogP contribution is -2.69. The number of nitrogens with zero attached hydrogens (tertiary/aromatic N) is 2. The largest absolute Gasteiger partial charge is 0.329 e. The molecule has 3 fully saturated rings. The fourth-order valence-electron chi connectivity index (χ4n) is 5.37.